The first-order valence-electron chi connectivity index (χ1n) is 19.8. The van der Waals surface area contributed by atoms with Crippen LogP contribution in [0.5, 0.6) is 0 Å². The number of rotatable bonds is 6. The third-order valence-electron chi connectivity index (χ3n) is 12.1. The summed E-state index contributed by atoms with van der Waals surface area (Å²) < 4.78 is 6.95. The van der Waals surface area contributed by atoms with E-state index in [2.05, 4.69) is 219 Å². The summed E-state index contributed by atoms with van der Waals surface area (Å²) in [4.78, 5) is 2.32. The van der Waals surface area contributed by atoms with Gasteiger partial charge in [-0.05, 0) is 104 Å². The lowest BCUT2D eigenvalue weighted by Crippen LogP contribution is -2.14. The Morgan fingerprint density at radius 1 is 0.333 bits per heavy atom. The van der Waals surface area contributed by atoms with E-state index in [-0.39, 0.29) is 5.41 Å². The topological polar surface area (TPSA) is 16.4 Å². The monoisotopic (exact) mass is 729 g/mol. The quantitative estimate of drug-likeness (QED) is 0.169. The van der Waals surface area contributed by atoms with Crippen molar-refractivity contribution in [3.63, 3.8) is 0 Å². The standard InChI is InChI=1S/C55H39NO/c1-55(2)51-23-12-11-19-45(51)46-33-28-39(34-52(46)55)43-21-13-22-48-50-35-49(44-18-9-10-20-47(44)54(50)57-53(43)48)38-26-31-42(32-27-38)56(40-16-7-4-8-17-40)41-29-24-37(25-30-41)36-14-5-3-6-15-36/h3-35H,1-2H3. The molecule has 0 atom stereocenters. The van der Waals surface area contributed by atoms with E-state index < -0.39 is 0 Å². The van der Waals surface area contributed by atoms with Gasteiger partial charge in [0.2, 0.25) is 0 Å². The molecule has 2 heteroatoms. The summed E-state index contributed by atoms with van der Waals surface area (Å²) in [6, 6.07) is 72.4. The molecule has 11 rings (SSSR count). The Hall–Kier alpha value is -7.16. The van der Waals surface area contributed by atoms with Crippen LogP contribution >= 0.6 is 0 Å². The smallest absolute Gasteiger partial charge is 0.143 e. The van der Waals surface area contributed by atoms with Crippen LogP contribution < -0.4 is 4.90 Å². The second-order valence-electron chi connectivity index (χ2n) is 15.7. The second-order valence-corrected chi connectivity index (χ2v) is 15.7. The lowest BCUT2D eigenvalue weighted by atomic mass is 9.81. The first-order valence-corrected chi connectivity index (χ1v) is 19.8. The number of para-hydroxylation sites is 2. The fraction of sp³-hybridized carbons (Fsp3) is 0.0545. The Kier molecular flexibility index (Phi) is 7.55. The summed E-state index contributed by atoms with van der Waals surface area (Å²) in [6.07, 6.45) is 0. The molecule has 0 unspecified atom stereocenters. The minimum absolute atomic E-state index is 0.0739. The molecule has 57 heavy (non-hydrogen) atoms. The fourth-order valence-electron chi connectivity index (χ4n) is 9.21. The van der Waals surface area contributed by atoms with Crippen molar-refractivity contribution in [1.29, 1.82) is 0 Å². The van der Waals surface area contributed by atoms with Crippen LogP contribution in [0.1, 0.15) is 25.0 Å². The molecule has 0 radical (unpaired) electrons. The Morgan fingerprint density at radius 3 is 1.61 bits per heavy atom. The molecule has 10 aromatic rings. The van der Waals surface area contributed by atoms with Crippen LogP contribution in [-0.2, 0) is 5.41 Å². The molecule has 0 N–H and O–H groups in total. The molecule has 0 spiro atoms. The van der Waals surface area contributed by atoms with Gasteiger partial charge in [-0.3, -0.25) is 0 Å². The van der Waals surface area contributed by atoms with Crippen LogP contribution in [0.2, 0.25) is 0 Å². The molecule has 1 heterocycles. The largest absolute Gasteiger partial charge is 0.455 e. The third kappa shape index (κ3) is 5.33. The zero-order valence-electron chi connectivity index (χ0n) is 31.9. The Bertz CT molecular complexity index is 3120. The summed E-state index contributed by atoms with van der Waals surface area (Å²) in [6.45, 7) is 4.68. The van der Waals surface area contributed by atoms with Gasteiger partial charge in [0.25, 0.3) is 0 Å². The lowest BCUT2D eigenvalue weighted by molar-refractivity contribution is 0.660. The van der Waals surface area contributed by atoms with Gasteiger partial charge in [-0.1, -0.05) is 166 Å². The van der Waals surface area contributed by atoms with E-state index in [1.165, 1.54) is 49.9 Å². The van der Waals surface area contributed by atoms with E-state index >= 15 is 0 Å². The van der Waals surface area contributed by atoms with Crippen molar-refractivity contribution >= 4 is 49.8 Å². The predicted molar refractivity (Wildman–Crippen MR) is 240 cm³/mol. The van der Waals surface area contributed by atoms with Gasteiger partial charge in [0.1, 0.15) is 11.2 Å². The van der Waals surface area contributed by atoms with Crippen molar-refractivity contribution in [2.75, 3.05) is 4.90 Å². The Balaban J connectivity index is 1.01. The van der Waals surface area contributed by atoms with E-state index in [9.17, 15) is 0 Å². The fourth-order valence-corrected chi connectivity index (χ4v) is 9.21. The van der Waals surface area contributed by atoms with Crippen LogP contribution in [0, 0.1) is 0 Å². The van der Waals surface area contributed by atoms with E-state index in [1.54, 1.807) is 0 Å². The Labute approximate surface area is 332 Å². The highest BCUT2D eigenvalue weighted by molar-refractivity contribution is 6.20. The highest BCUT2D eigenvalue weighted by Gasteiger charge is 2.35. The van der Waals surface area contributed by atoms with Crippen molar-refractivity contribution in [2.24, 2.45) is 0 Å². The molecular weight excluding hydrogens is 691 g/mol. The molecule has 2 nitrogen and oxygen atoms in total. The number of hydrogen-bond donors (Lipinski definition) is 0. The summed E-state index contributed by atoms with van der Waals surface area (Å²) in [7, 11) is 0. The molecule has 0 fully saturated rings. The van der Waals surface area contributed by atoms with Gasteiger partial charge in [0, 0.05) is 44.2 Å². The average molecular weight is 730 g/mol. The number of furan rings is 1. The van der Waals surface area contributed by atoms with Gasteiger partial charge in [-0.15, -0.1) is 0 Å². The molecule has 0 amide bonds. The van der Waals surface area contributed by atoms with Gasteiger partial charge in [-0.25, -0.2) is 0 Å². The van der Waals surface area contributed by atoms with Gasteiger partial charge in [0.15, 0.2) is 0 Å². The van der Waals surface area contributed by atoms with Crippen LogP contribution in [-0.4, -0.2) is 0 Å². The number of fused-ring (bicyclic) bond motifs is 8. The summed E-state index contributed by atoms with van der Waals surface area (Å²) in [5, 5.41) is 4.55. The molecule has 9 aromatic carbocycles. The lowest BCUT2D eigenvalue weighted by Gasteiger charge is -2.26. The minimum atomic E-state index is -0.0739. The van der Waals surface area contributed by atoms with Crippen molar-refractivity contribution in [2.45, 2.75) is 19.3 Å². The second kappa shape index (κ2) is 13.0. The van der Waals surface area contributed by atoms with E-state index in [1.807, 2.05) is 0 Å². The van der Waals surface area contributed by atoms with Crippen LogP contribution in [0.3, 0.4) is 0 Å². The first-order chi connectivity index (χ1) is 28.0. The van der Waals surface area contributed by atoms with E-state index in [4.69, 9.17) is 4.42 Å². The maximum absolute atomic E-state index is 6.95. The molecule has 0 bridgehead atoms. The molecule has 0 saturated heterocycles. The predicted octanol–water partition coefficient (Wildman–Crippen LogP) is 15.5. The molecule has 270 valence electrons. The highest BCUT2D eigenvalue weighted by Crippen LogP contribution is 2.50. The van der Waals surface area contributed by atoms with E-state index in [0.29, 0.717) is 0 Å². The van der Waals surface area contributed by atoms with Gasteiger partial charge >= 0.3 is 0 Å². The molecule has 0 saturated carbocycles. The van der Waals surface area contributed by atoms with Crippen molar-refractivity contribution < 1.29 is 4.42 Å². The van der Waals surface area contributed by atoms with Crippen LogP contribution in [0.25, 0.3) is 77.2 Å². The molecule has 0 aliphatic heterocycles. The summed E-state index contributed by atoms with van der Waals surface area (Å²) in [5.74, 6) is 0. The number of benzene rings is 9. The SMILES string of the molecule is CC1(C)c2ccccc2-c2ccc(-c3cccc4c3oc3c5ccccc5c(-c5ccc(N(c6ccccc6)c6ccc(-c7ccccc7)cc6)cc5)cc43)cc21. The van der Waals surface area contributed by atoms with Crippen molar-refractivity contribution in [3.8, 4) is 44.5 Å². The van der Waals surface area contributed by atoms with Gasteiger partial charge in [0.05, 0.1) is 0 Å². The maximum atomic E-state index is 6.95. The minimum Gasteiger partial charge on any atom is -0.455 e. The molecule has 1 aliphatic carbocycles. The normalized spacial score (nSPS) is 12.9. The van der Waals surface area contributed by atoms with Crippen molar-refractivity contribution in [3.05, 3.63) is 211 Å². The summed E-state index contributed by atoms with van der Waals surface area (Å²) >= 11 is 0. The molecular formula is C55H39NO. The molecule has 1 aliphatic rings. The number of nitrogens with zero attached hydrogens (tertiary/aromatic N) is 1. The number of hydrogen-bond acceptors (Lipinski definition) is 2. The highest BCUT2D eigenvalue weighted by atomic mass is 16.3. The summed E-state index contributed by atoms with van der Waals surface area (Å²) in [5.41, 5.74) is 17.6. The van der Waals surface area contributed by atoms with Crippen LogP contribution in [0.4, 0.5) is 17.1 Å². The first kappa shape index (κ1) is 33.2. The number of anilines is 3. The zero-order valence-corrected chi connectivity index (χ0v) is 31.9. The average Bonchev–Trinajstić information content (AvgIpc) is 3.76. The third-order valence-corrected chi connectivity index (χ3v) is 12.1. The zero-order chi connectivity index (χ0) is 38.1. The van der Waals surface area contributed by atoms with Gasteiger partial charge < -0.3 is 9.32 Å². The Morgan fingerprint density at radius 2 is 0.860 bits per heavy atom. The molecule has 1 aromatic heterocycles. The van der Waals surface area contributed by atoms with E-state index in [0.717, 1.165) is 55.5 Å². The maximum Gasteiger partial charge on any atom is 0.143 e. The van der Waals surface area contributed by atoms with Gasteiger partial charge in [-0.2, -0.15) is 0 Å². The van der Waals surface area contributed by atoms with Crippen molar-refractivity contribution in [1.82, 2.24) is 0 Å². The van der Waals surface area contributed by atoms with Crippen LogP contribution in [0.15, 0.2) is 205 Å².